The fourth-order valence-corrected chi connectivity index (χ4v) is 3.13. The molecular weight excluding hydrogens is 314 g/mol. The van der Waals surface area contributed by atoms with Gasteiger partial charge in [0.1, 0.15) is 18.3 Å². The van der Waals surface area contributed by atoms with E-state index in [0.29, 0.717) is 10.6 Å². The Morgan fingerprint density at radius 1 is 1.35 bits per heavy atom. The topological polar surface area (TPSA) is 68.0 Å². The average Bonchev–Trinajstić information content (AvgIpc) is 3.07. The van der Waals surface area contributed by atoms with Crippen LogP contribution in [0.1, 0.15) is 24.2 Å². The van der Waals surface area contributed by atoms with Gasteiger partial charge in [-0.05, 0) is 24.3 Å². The van der Waals surface area contributed by atoms with Crippen molar-refractivity contribution in [3.8, 4) is 0 Å². The zero-order valence-electron chi connectivity index (χ0n) is 13.0. The first kappa shape index (κ1) is 15.9. The van der Waals surface area contributed by atoms with Gasteiger partial charge in [0.15, 0.2) is 5.78 Å². The fourth-order valence-electron chi connectivity index (χ4n) is 3.00. The lowest BCUT2D eigenvalue weighted by molar-refractivity contribution is -0.0708. The summed E-state index contributed by atoms with van der Waals surface area (Å²) in [6.07, 6.45) is 6.63. The molecule has 0 bridgehead atoms. The van der Waals surface area contributed by atoms with Crippen LogP contribution in [0, 0.1) is 11.3 Å². The molecule has 0 saturated heterocycles. The molecule has 0 spiro atoms. The van der Waals surface area contributed by atoms with Crippen molar-refractivity contribution < 1.29 is 9.90 Å². The Bertz CT molecular complexity index is 738. The van der Waals surface area contributed by atoms with E-state index in [4.69, 9.17) is 11.6 Å². The van der Waals surface area contributed by atoms with Crippen LogP contribution in [0.3, 0.4) is 0 Å². The van der Waals surface area contributed by atoms with Crippen LogP contribution in [-0.4, -0.2) is 31.3 Å². The maximum atomic E-state index is 12.9. The van der Waals surface area contributed by atoms with Gasteiger partial charge in [-0.1, -0.05) is 37.6 Å². The number of hydrogen-bond acceptors (Lipinski definition) is 4. The third kappa shape index (κ3) is 2.71. The smallest absolute Gasteiger partial charge is 0.172 e. The standard InChI is InChI=1S/C17H18ClN3O2/c1-16(2)8-7-14(15(22)12-3-5-13(18)6-4-12)17(16,23)9-21-11-19-10-20-21/h3-8,10-11,14,23H,9H2,1-2H3. The molecule has 1 aromatic carbocycles. The summed E-state index contributed by atoms with van der Waals surface area (Å²) < 4.78 is 1.55. The number of nitrogens with zero attached hydrogens (tertiary/aromatic N) is 3. The van der Waals surface area contributed by atoms with Gasteiger partial charge in [-0.25, -0.2) is 4.98 Å². The number of aliphatic hydroxyl groups is 1. The lowest BCUT2D eigenvalue weighted by atomic mass is 9.71. The molecule has 1 aromatic heterocycles. The summed E-state index contributed by atoms with van der Waals surface area (Å²) in [6.45, 7) is 4.02. The highest BCUT2D eigenvalue weighted by molar-refractivity contribution is 6.30. The van der Waals surface area contributed by atoms with Crippen LogP contribution in [0.5, 0.6) is 0 Å². The number of hydrogen-bond donors (Lipinski definition) is 1. The van der Waals surface area contributed by atoms with Crippen molar-refractivity contribution in [1.82, 2.24) is 14.8 Å². The number of aromatic nitrogens is 3. The van der Waals surface area contributed by atoms with Gasteiger partial charge in [-0.3, -0.25) is 9.48 Å². The molecule has 1 N–H and O–H groups in total. The fraction of sp³-hybridized carbons (Fsp3) is 0.353. The van der Waals surface area contributed by atoms with Crippen LogP contribution in [0.15, 0.2) is 49.1 Å². The lowest BCUT2D eigenvalue weighted by Gasteiger charge is -2.40. The normalized spacial score (nSPS) is 25.7. The van der Waals surface area contributed by atoms with Gasteiger partial charge in [0.2, 0.25) is 0 Å². The molecule has 5 nitrogen and oxygen atoms in total. The molecule has 0 aliphatic heterocycles. The summed E-state index contributed by atoms with van der Waals surface area (Å²) in [5.74, 6) is -0.783. The second-order valence-electron chi connectivity index (χ2n) is 6.45. The van der Waals surface area contributed by atoms with Crippen LogP contribution in [0.4, 0.5) is 0 Å². The predicted molar refractivity (Wildman–Crippen MR) is 87.2 cm³/mol. The second kappa shape index (κ2) is 5.58. The summed E-state index contributed by atoms with van der Waals surface area (Å²) in [6, 6.07) is 6.71. The van der Waals surface area contributed by atoms with Crippen molar-refractivity contribution >= 4 is 17.4 Å². The molecule has 1 aliphatic rings. The van der Waals surface area contributed by atoms with Gasteiger partial charge in [0, 0.05) is 16.0 Å². The molecule has 1 aliphatic carbocycles. The first-order valence-electron chi connectivity index (χ1n) is 7.37. The quantitative estimate of drug-likeness (QED) is 0.691. The summed E-state index contributed by atoms with van der Waals surface area (Å²) in [5, 5.41) is 16.0. The van der Waals surface area contributed by atoms with Crippen molar-refractivity contribution in [3.05, 3.63) is 59.7 Å². The molecule has 3 rings (SSSR count). The molecule has 0 fully saturated rings. The zero-order chi connectivity index (χ0) is 16.7. The predicted octanol–water partition coefficient (Wildman–Crippen LogP) is 2.76. The first-order chi connectivity index (χ1) is 10.8. The molecular formula is C17H18ClN3O2. The summed E-state index contributed by atoms with van der Waals surface area (Å²) in [5.41, 5.74) is -1.32. The molecule has 0 saturated carbocycles. The number of carbonyl (C=O) groups is 1. The third-order valence-electron chi connectivity index (χ3n) is 4.62. The van der Waals surface area contributed by atoms with Gasteiger partial charge < -0.3 is 5.11 Å². The Morgan fingerprint density at radius 3 is 2.65 bits per heavy atom. The van der Waals surface area contributed by atoms with E-state index in [1.54, 1.807) is 35.0 Å². The molecule has 2 atom stereocenters. The van der Waals surface area contributed by atoms with Crippen molar-refractivity contribution in [2.75, 3.05) is 0 Å². The van der Waals surface area contributed by atoms with Crippen molar-refractivity contribution in [1.29, 1.82) is 0 Å². The summed E-state index contributed by atoms with van der Waals surface area (Å²) in [7, 11) is 0. The Morgan fingerprint density at radius 2 is 2.04 bits per heavy atom. The van der Waals surface area contributed by atoms with Gasteiger partial charge in [-0.2, -0.15) is 5.10 Å². The number of carbonyl (C=O) groups excluding carboxylic acids is 1. The minimum atomic E-state index is -1.28. The van der Waals surface area contributed by atoms with Crippen LogP contribution >= 0.6 is 11.6 Å². The van der Waals surface area contributed by atoms with Gasteiger partial charge in [0.25, 0.3) is 0 Å². The minimum absolute atomic E-state index is 0.133. The van der Waals surface area contributed by atoms with Crippen molar-refractivity contribution in [2.24, 2.45) is 11.3 Å². The van der Waals surface area contributed by atoms with E-state index in [2.05, 4.69) is 10.1 Å². The third-order valence-corrected chi connectivity index (χ3v) is 4.87. The van der Waals surface area contributed by atoms with E-state index in [1.165, 1.54) is 12.7 Å². The van der Waals surface area contributed by atoms with Crippen molar-refractivity contribution in [3.63, 3.8) is 0 Å². The van der Waals surface area contributed by atoms with Crippen LogP contribution in [0.25, 0.3) is 0 Å². The highest BCUT2D eigenvalue weighted by Crippen LogP contribution is 2.46. The van der Waals surface area contributed by atoms with Gasteiger partial charge >= 0.3 is 0 Å². The Kier molecular flexibility index (Phi) is 3.86. The first-order valence-corrected chi connectivity index (χ1v) is 7.75. The second-order valence-corrected chi connectivity index (χ2v) is 6.88. The maximum Gasteiger partial charge on any atom is 0.172 e. The molecule has 0 amide bonds. The molecule has 2 aromatic rings. The number of ketones is 1. The van der Waals surface area contributed by atoms with Crippen LogP contribution in [-0.2, 0) is 6.54 Å². The van der Waals surface area contributed by atoms with Crippen LogP contribution < -0.4 is 0 Å². The lowest BCUT2D eigenvalue weighted by Crippen LogP contribution is -2.51. The number of halogens is 1. The van der Waals surface area contributed by atoms with E-state index in [-0.39, 0.29) is 12.3 Å². The molecule has 120 valence electrons. The molecule has 2 unspecified atom stereocenters. The Balaban J connectivity index is 1.95. The van der Waals surface area contributed by atoms with E-state index in [0.717, 1.165) is 0 Å². The Hall–Kier alpha value is -1.98. The van der Waals surface area contributed by atoms with E-state index >= 15 is 0 Å². The number of Topliss-reactive ketones (excluding diaryl/α,β-unsaturated/α-hetero) is 1. The van der Waals surface area contributed by atoms with E-state index in [1.807, 2.05) is 19.9 Å². The monoisotopic (exact) mass is 331 g/mol. The molecule has 0 radical (unpaired) electrons. The summed E-state index contributed by atoms with van der Waals surface area (Å²) in [4.78, 5) is 16.8. The van der Waals surface area contributed by atoms with Gasteiger partial charge in [-0.15, -0.1) is 0 Å². The SMILES string of the molecule is CC1(C)C=CC(C(=O)c2ccc(Cl)cc2)C1(O)Cn1cncn1. The Labute approximate surface area is 139 Å². The largest absolute Gasteiger partial charge is 0.386 e. The van der Waals surface area contributed by atoms with Gasteiger partial charge in [0.05, 0.1) is 12.5 Å². The minimum Gasteiger partial charge on any atom is -0.386 e. The highest BCUT2D eigenvalue weighted by atomic mass is 35.5. The molecule has 6 heteroatoms. The van der Waals surface area contributed by atoms with Crippen LogP contribution in [0.2, 0.25) is 5.02 Å². The average molecular weight is 332 g/mol. The maximum absolute atomic E-state index is 12.9. The van der Waals surface area contributed by atoms with E-state index < -0.39 is 16.9 Å². The summed E-state index contributed by atoms with van der Waals surface area (Å²) >= 11 is 5.88. The molecule has 23 heavy (non-hydrogen) atoms. The highest BCUT2D eigenvalue weighted by Gasteiger charge is 2.54. The number of rotatable bonds is 4. The number of benzene rings is 1. The van der Waals surface area contributed by atoms with Crippen molar-refractivity contribution in [2.45, 2.75) is 26.0 Å². The van der Waals surface area contributed by atoms with E-state index in [9.17, 15) is 9.90 Å². The molecule has 1 heterocycles. The zero-order valence-corrected chi connectivity index (χ0v) is 13.7.